The van der Waals surface area contributed by atoms with Gasteiger partial charge in [0.05, 0.1) is 26.5 Å². The van der Waals surface area contributed by atoms with Gasteiger partial charge in [-0.15, -0.1) is 0 Å². The van der Waals surface area contributed by atoms with Crippen molar-refractivity contribution in [2.24, 2.45) is 5.10 Å². The highest BCUT2D eigenvalue weighted by Crippen LogP contribution is 2.28. The zero-order valence-corrected chi connectivity index (χ0v) is 13.6. The van der Waals surface area contributed by atoms with E-state index in [4.69, 9.17) is 26.2 Å². The van der Waals surface area contributed by atoms with Crippen LogP contribution < -0.4 is 14.9 Å². The first kappa shape index (κ1) is 17.1. The number of aliphatic hydroxyl groups is 1. The van der Waals surface area contributed by atoms with E-state index in [1.165, 1.54) is 0 Å². The number of rotatable bonds is 8. The van der Waals surface area contributed by atoms with E-state index in [9.17, 15) is 0 Å². The van der Waals surface area contributed by atoms with Gasteiger partial charge in [-0.25, -0.2) is 0 Å². The zero-order chi connectivity index (χ0) is 16.5. The van der Waals surface area contributed by atoms with Crippen molar-refractivity contribution in [3.05, 3.63) is 58.6 Å². The van der Waals surface area contributed by atoms with E-state index in [-0.39, 0.29) is 6.61 Å². The van der Waals surface area contributed by atoms with Gasteiger partial charge in [-0.05, 0) is 41.5 Å². The molecular weight excluding hydrogens is 316 g/mol. The number of aliphatic hydroxyl groups excluding tert-OH is 1. The molecule has 0 fully saturated rings. The second-order valence-electron chi connectivity index (χ2n) is 4.72. The molecule has 2 aromatic carbocycles. The summed E-state index contributed by atoms with van der Waals surface area (Å²) in [7, 11) is 1.59. The van der Waals surface area contributed by atoms with Gasteiger partial charge < -0.3 is 20.0 Å². The first-order valence-corrected chi connectivity index (χ1v) is 7.53. The number of hydrazone groups is 1. The van der Waals surface area contributed by atoms with Gasteiger partial charge in [0.15, 0.2) is 11.5 Å². The molecule has 0 saturated heterocycles. The summed E-state index contributed by atoms with van der Waals surface area (Å²) in [6.07, 6.45) is 1.65. The van der Waals surface area contributed by atoms with E-state index in [1.54, 1.807) is 13.3 Å². The van der Waals surface area contributed by atoms with E-state index in [1.807, 2.05) is 42.5 Å². The molecule has 0 amide bonds. The van der Waals surface area contributed by atoms with Gasteiger partial charge in [0.25, 0.3) is 0 Å². The number of ether oxygens (including phenoxy) is 2. The molecule has 0 aliphatic heterocycles. The molecule has 0 bridgehead atoms. The number of halogens is 1. The molecule has 0 radical (unpaired) electrons. The summed E-state index contributed by atoms with van der Waals surface area (Å²) in [6, 6.07) is 13.1. The fourth-order valence-electron chi connectivity index (χ4n) is 1.91. The third kappa shape index (κ3) is 5.47. The first-order chi connectivity index (χ1) is 11.2. The van der Waals surface area contributed by atoms with Crippen LogP contribution in [-0.4, -0.2) is 31.6 Å². The molecule has 23 heavy (non-hydrogen) atoms. The van der Waals surface area contributed by atoms with Crippen molar-refractivity contribution < 1.29 is 14.6 Å². The molecule has 2 N–H and O–H groups in total. The molecule has 0 heterocycles. The highest BCUT2D eigenvalue weighted by Gasteiger charge is 2.06. The summed E-state index contributed by atoms with van der Waals surface area (Å²) in [5.41, 5.74) is 4.57. The summed E-state index contributed by atoms with van der Waals surface area (Å²) in [5, 5.41) is 13.3. The van der Waals surface area contributed by atoms with Gasteiger partial charge in [-0.2, -0.15) is 5.10 Å². The van der Waals surface area contributed by atoms with Crippen LogP contribution in [0, 0.1) is 0 Å². The Bertz CT molecular complexity index is 662. The summed E-state index contributed by atoms with van der Waals surface area (Å²) in [5.74, 6) is 1.27. The normalized spacial score (nSPS) is 10.7. The highest BCUT2D eigenvalue weighted by atomic mass is 35.5. The smallest absolute Gasteiger partial charge is 0.161 e. The van der Waals surface area contributed by atoms with E-state index in [0.29, 0.717) is 29.7 Å². The monoisotopic (exact) mass is 334 g/mol. The highest BCUT2D eigenvalue weighted by molar-refractivity contribution is 6.30. The standard InChI is InChI=1S/C17H19ClN2O3/c1-22-17-10-13(11-20-19-7-8-21)5-6-16(17)23-12-14-3-2-4-15(18)9-14/h2-6,9-11,19,21H,7-8,12H2,1H3. The lowest BCUT2D eigenvalue weighted by Gasteiger charge is -2.11. The van der Waals surface area contributed by atoms with Gasteiger partial charge in [0.1, 0.15) is 6.61 Å². The number of methoxy groups -OCH3 is 1. The van der Waals surface area contributed by atoms with Crippen LogP contribution in [0.1, 0.15) is 11.1 Å². The second kappa shape index (κ2) is 9.02. The van der Waals surface area contributed by atoms with E-state index in [0.717, 1.165) is 11.1 Å². The number of benzene rings is 2. The Labute approximate surface area is 140 Å². The lowest BCUT2D eigenvalue weighted by atomic mass is 10.2. The van der Waals surface area contributed by atoms with Crippen molar-refractivity contribution in [3.63, 3.8) is 0 Å². The maximum Gasteiger partial charge on any atom is 0.161 e. The molecule has 0 spiro atoms. The Hall–Kier alpha value is -2.24. The molecule has 0 aliphatic rings. The zero-order valence-electron chi connectivity index (χ0n) is 12.8. The third-order valence-corrected chi connectivity index (χ3v) is 3.23. The minimum atomic E-state index is 0.0386. The molecule has 0 aromatic heterocycles. The molecular formula is C17H19ClN2O3. The topological polar surface area (TPSA) is 63.1 Å². The Balaban J connectivity index is 2.03. The van der Waals surface area contributed by atoms with Crippen LogP contribution in [0.3, 0.4) is 0 Å². The fraction of sp³-hybridized carbons (Fsp3) is 0.235. The lowest BCUT2D eigenvalue weighted by Crippen LogP contribution is -2.11. The molecule has 0 saturated carbocycles. The summed E-state index contributed by atoms with van der Waals surface area (Å²) in [4.78, 5) is 0. The minimum Gasteiger partial charge on any atom is -0.493 e. The average molecular weight is 335 g/mol. The van der Waals surface area contributed by atoms with Gasteiger partial charge in [-0.3, -0.25) is 0 Å². The Morgan fingerprint density at radius 3 is 2.83 bits per heavy atom. The average Bonchev–Trinajstić information content (AvgIpc) is 2.57. The van der Waals surface area contributed by atoms with Gasteiger partial charge in [0, 0.05) is 5.02 Å². The Morgan fingerprint density at radius 2 is 2.09 bits per heavy atom. The van der Waals surface area contributed by atoms with Gasteiger partial charge >= 0.3 is 0 Å². The van der Waals surface area contributed by atoms with Crippen LogP contribution in [0.4, 0.5) is 0 Å². The molecule has 5 nitrogen and oxygen atoms in total. The van der Waals surface area contributed by atoms with Crippen LogP contribution in [0.15, 0.2) is 47.6 Å². The molecule has 122 valence electrons. The van der Waals surface area contributed by atoms with Crippen LogP contribution in [0.2, 0.25) is 5.02 Å². The number of nitrogens with one attached hydrogen (secondary N) is 1. The van der Waals surface area contributed by atoms with E-state index >= 15 is 0 Å². The summed E-state index contributed by atoms with van der Waals surface area (Å²) in [6.45, 7) is 0.855. The van der Waals surface area contributed by atoms with Crippen molar-refractivity contribution >= 4 is 17.8 Å². The number of hydrogen-bond donors (Lipinski definition) is 2. The van der Waals surface area contributed by atoms with Crippen LogP contribution in [-0.2, 0) is 6.61 Å². The van der Waals surface area contributed by atoms with Crippen molar-refractivity contribution in [3.8, 4) is 11.5 Å². The van der Waals surface area contributed by atoms with Crippen molar-refractivity contribution in [2.45, 2.75) is 6.61 Å². The molecule has 2 rings (SSSR count). The van der Waals surface area contributed by atoms with Crippen LogP contribution in [0.5, 0.6) is 11.5 Å². The van der Waals surface area contributed by atoms with Crippen molar-refractivity contribution in [1.82, 2.24) is 5.43 Å². The number of nitrogens with zero attached hydrogens (tertiary/aromatic N) is 1. The first-order valence-electron chi connectivity index (χ1n) is 7.15. The SMILES string of the molecule is COc1cc(C=NNCCO)ccc1OCc1cccc(Cl)c1. The molecule has 2 aromatic rings. The molecule has 0 atom stereocenters. The predicted octanol–water partition coefficient (Wildman–Crippen LogP) is 2.84. The Morgan fingerprint density at radius 1 is 1.22 bits per heavy atom. The summed E-state index contributed by atoms with van der Waals surface area (Å²) < 4.78 is 11.1. The van der Waals surface area contributed by atoms with Crippen LogP contribution in [0.25, 0.3) is 0 Å². The van der Waals surface area contributed by atoms with E-state index in [2.05, 4.69) is 10.5 Å². The van der Waals surface area contributed by atoms with Gasteiger partial charge in [-0.1, -0.05) is 23.7 Å². The van der Waals surface area contributed by atoms with Gasteiger partial charge in [0.2, 0.25) is 0 Å². The van der Waals surface area contributed by atoms with Crippen molar-refractivity contribution in [1.29, 1.82) is 0 Å². The Kier molecular flexibility index (Phi) is 6.72. The second-order valence-corrected chi connectivity index (χ2v) is 5.16. The van der Waals surface area contributed by atoms with Crippen LogP contribution >= 0.6 is 11.6 Å². The molecule has 6 heteroatoms. The maximum absolute atomic E-state index is 8.67. The molecule has 0 unspecified atom stereocenters. The quantitative estimate of drug-likeness (QED) is 0.442. The minimum absolute atomic E-state index is 0.0386. The van der Waals surface area contributed by atoms with E-state index < -0.39 is 0 Å². The largest absolute Gasteiger partial charge is 0.493 e. The maximum atomic E-state index is 8.67. The lowest BCUT2D eigenvalue weighted by molar-refractivity contribution is 0.284. The predicted molar refractivity (Wildman–Crippen MR) is 91.5 cm³/mol. The number of hydrogen-bond acceptors (Lipinski definition) is 5. The van der Waals surface area contributed by atoms with Crippen molar-refractivity contribution in [2.75, 3.05) is 20.3 Å². The molecule has 0 aliphatic carbocycles. The fourth-order valence-corrected chi connectivity index (χ4v) is 2.12. The summed E-state index contributed by atoms with van der Waals surface area (Å²) >= 11 is 5.96. The third-order valence-electron chi connectivity index (χ3n) is 3.00.